The fourth-order valence-corrected chi connectivity index (χ4v) is 1.48. The van der Waals surface area contributed by atoms with Crippen molar-refractivity contribution in [3.63, 3.8) is 0 Å². The minimum atomic E-state index is -3.56. The van der Waals surface area contributed by atoms with Gasteiger partial charge in [-0.2, -0.15) is 0 Å². The van der Waals surface area contributed by atoms with Crippen molar-refractivity contribution in [2.24, 2.45) is 5.14 Å². The van der Waals surface area contributed by atoms with Crippen LogP contribution in [0.3, 0.4) is 0 Å². The second-order valence-corrected chi connectivity index (χ2v) is 4.16. The third-order valence-corrected chi connectivity index (χ3v) is 2.49. The Bertz CT molecular complexity index is 370. The molecule has 5 heteroatoms. The van der Waals surface area contributed by atoms with E-state index in [1.54, 1.807) is 12.1 Å². The molecule has 0 atom stereocenters. The number of primary sulfonamides is 1. The number of nitrogens with two attached hydrogens (primary N) is 1. The van der Waals surface area contributed by atoms with Gasteiger partial charge >= 0.3 is 0 Å². The summed E-state index contributed by atoms with van der Waals surface area (Å²) in [5.74, 6) is 0. The SMILES string of the molecule is CCNc1ccc(S(N)(=O)=O)cc1. The smallest absolute Gasteiger partial charge is 0.238 e. The fraction of sp³-hybridized carbons (Fsp3) is 0.250. The van der Waals surface area contributed by atoms with Gasteiger partial charge in [0.15, 0.2) is 0 Å². The minimum Gasteiger partial charge on any atom is -0.385 e. The molecule has 0 unspecified atom stereocenters. The van der Waals surface area contributed by atoms with Crippen LogP contribution >= 0.6 is 0 Å². The lowest BCUT2D eigenvalue weighted by molar-refractivity contribution is 0.598. The zero-order valence-electron chi connectivity index (χ0n) is 7.32. The first kappa shape index (κ1) is 10.0. The summed E-state index contributed by atoms with van der Waals surface area (Å²) in [6.45, 7) is 2.77. The number of rotatable bonds is 3. The predicted molar refractivity (Wildman–Crippen MR) is 52.0 cm³/mol. The van der Waals surface area contributed by atoms with Gasteiger partial charge in [0.05, 0.1) is 4.90 Å². The first-order chi connectivity index (χ1) is 6.04. The van der Waals surface area contributed by atoms with E-state index in [4.69, 9.17) is 5.14 Å². The van der Waals surface area contributed by atoms with Crippen molar-refractivity contribution in [3.05, 3.63) is 24.3 Å². The molecule has 0 heterocycles. The number of nitrogens with one attached hydrogen (secondary N) is 1. The van der Waals surface area contributed by atoms with Gasteiger partial charge in [-0.15, -0.1) is 0 Å². The van der Waals surface area contributed by atoms with Gasteiger partial charge in [0, 0.05) is 12.2 Å². The van der Waals surface area contributed by atoms with Gasteiger partial charge in [-0.05, 0) is 31.2 Å². The molecule has 72 valence electrons. The van der Waals surface area contributed by atoms with E-state index in [0.29, 0.717) is 0 Å². The molecule has 0 fully saturated rings. The summed E-state index contributed by atoms with van der Waals surface area (Å²) < 4.78 is 21.7. The second-order valence-electron chi connectivity index (χ2n) is 2.60. The Morgan fingerprint density at radius 2 is 1.85 bits per heavy atom. The average Bonchev–Trinajstić information content (AvgIpc) is 2.04. The summed E-state index contributed by atoms with van der Waals surface area (Å²) in [5, 5.41) is 7.98. The molecule has 0 bridgehead atoms. The molecule has 0 aliphatic carbocycles. The molecular formula is C8H12N2O2S. The maximum absolute atomic E-state index is 10.9. The van der Waals surface area contributed by atoms with E-state index in [-0.39, 0.29) is 4.90 Å². The van der Waals surface area contributed by atoms with Crippen LogP contribution in [-0.4, -0.2) is 15.0 Å². The highest BCUT2D eigenvalue weighted by Crippen LogP contribution is 2.11. The van der Waals surface area contributed by atoms with Gasteiger partial charge < -0.3 is 5.32 Å². The third kappa shape index (κ3) is 2.71. The van der Waals surface area contributed by atoms with Gasteiger partial charge in [-0.25, -0.2) is 13.6 Å². The quantitative estimate of drug-likeness (QED) is 0.756. The lowest BCUT2D eigenvalue weighted by atomic mass is 10.3. The molecule has 3 N–H and O–H groups in total. The zero-order chi connectivity index (χ0) is 9.90. The van der Waals surface area contributed by atoms with Crippen LogP contribution in [0, 0.1) is 0 Å². The first-order valence-electron chi connectivity index (χ1n) is 3.91. The molecule has 0 amide bonds. The van der Waals surface area contributed by atoms with Crippen molar-refractivity contribution < 1.29 is 8.42 Å². The molecule has 0 aliphatic heterocycles. The van der Waals surface area contributed by atoms with Crippen molar-refractivity contribution in [2.75, 3.05) is 11.9 Å². The van der Waals surface area contributed by atoms with Crippen molar-refractivity contribution in [1.82, 2.24) is 0 Å². The van der Waals surface area contributed by atoms with Crippen LogP contribution in [0.15, 0.2) is 29.2 Å². The number of hydrogen-bond donors (Lipinski definition) is 2. The Hall–Kier alpha value is -1.07. The topological polar surface area (TPSA) is 72.2 Å². The highest BCUT2D eigenvalue weighted by molar-refractivity contribution is 7.89. The number of sulfonamides is 1. The van der Waals surface area contributed by atoms with E-state index in [1.807, 2.05) is 6.92 Å². The lowest BCUT2D eigenvalue weighted by Gasteiger charge is -2.03. The Balaban J connectivity index is 2.94. The monoisotopic (exact) mass is 200 g/mol. The van der Waals surface area contributed by atoms with E-state index >= 15 is 0 Å². The molecule has 0 saturated heterocycles. The first-order valence-corrected chi connectivity index (χ1v) is 5.45. The van der Waals surface area contributed by atoms with Crippen LogP contribution in [-0.2, 0) is 10.0 Å². The van der Waals surface area contributed by atoms with Gasteiger partial charge in [-0.1, -0.05) is 0 Å². The van der Waals surface area contributed by atoms with Gasteiger partial charge in [0.25, 0.3) is 0 Å². The number of hydrogen-bond acceptors (Lipinski definition) is 3. The molecule has 0 aromatic heterocycles. The maximum atomic E-state index is 10.9. The van der Waals surface area contributed by atoms with E-state index < -0.39 is 10.0 Å². The van der Waals surface area contributed by atoms with E-state index in [0.717, 1.165) is 12.2 Å². The Morgan fingerprint density at radius 1 is 1.31 bits per heavy atom. The predicted octanol–water partition coefficient (Wildman–Crippen LogP) is 0.766. The van der Waals surface area contributed by atoms with Crippen LogP contribution in [0.1, 0.15) is 6.92 Å². The van der Waals surface area contributed by atoms with Crippen LogP contribution in [0.2, 0.25) is 0 Å². The van der Waals surface area contributed by atoms with Crippen molar-refractivity contribution in [2.45, 2.75) is 11.8 Å². The third-order valence-electron chi connectivity index (χ3n) is 1.56. The van der Waals surface area contributed by atoms with Crippen LogP contribution in [0.25, 0.3) is 0 Å². The highest BCUT2D eigenvalue weighted by atomic mass is 32.2. The van der Waals surface area contributed by atoms with E-state index in [1.165, 1.54) is 12.1 Å². The van der Waals surface area contributed by atoms with Crippen LogP contribution < -0.4 is 10.5 Å². The molecule has 4 nitrogen and oxygen atoms in total. The molecule has 0 aliphatic rings. The van der Waals surface area contributed by atoms with Gasteiger partial charge in [-0.3, -0.25) is 0 Å². The zero-order valence-corrected chi connectivity index (χ0v) is 8.14. The normalized spacial score (nSPS) is 11.2. The second kappa shape index (κ2) is 3.76. The highest BCUT2D eigenvalue weighted by Gasteiger charge is 2.05. The summed E-state index contributed by atoms with van der Waals surface area (Å²) in [6.07, 6.45) is 0. The van der Waals surface area contributed by atoms with E-state index in [9.17, 15) is 8.42 Å². The van der Waals surface area contributed by atoms with Gasteiger partial charge in [0.1, 0.15) is 0 Å². The summed E-state index contributed by atoms with van der Waals surface area (Å²) in [4.78, 5) is 0.133. The molecule has 13 heavy (non-hydrogen) atoms. The van der Waals surface area contributed by atoms with Crippen LogP contribution in [0.4, 0.5) is 5.69 Å². The number of anilines is 1. The molecule has 1 rings (SSSR count). The lowest BCUT2D eigenvalue weighted by Crippen LogP contribution is -2.11. The summed E-state index contributed by atoms with van der Waals surface area (Å²) in [6, 6.07) is 6.33. The number of benzene rings is 1. The van der Waals surface area contributed by atoms with Gasteiger partial charge in [0.2, 0.25) is 10.0 Å². The fourth-order valence-electron chi connectivity index (χ4n) is 0.967. The largest absolute Gasteiger partial charge is 0.385 e. The molecule has 1 aromatic carbocycles. The molecule has 0 saturated carbocycles. The standard InChI is InChI=1S/C8H12N2O2S/c1-2-10-7-3-5-8(6-4-7)13(9,11)12/h3-6,10H,2H2,1H3,(H2,9,11,12). The minimum absolute atomic E-state index is 0.133. The van der Waals surface area contributed by atoms with Crippen molar-refractivity contribution >= 4 is 15.7 Å². The summed E-state index contributed by atoms with van der Waals surface area (Å²) >= 11 is 0. The van der Waals surface area contributed by atoms with Crippen molar-refractivity contribution in [3.8, 4) is 0 Å². The Morgan fingerprint density at radius 3 is 2.23 bits per heavy atom. The van der Waals surface area contributed by atoms with E-state index in [2.05, 4.69) is 5.32 Å². The molecule has 0 spiro atoms. The Kier molecular flexibility index (Phi) is 2.90. The average molecular weight is 200 g/mol. The van der Waals surface area contributed by atoms with Crippen LogP contribution in [0.5, 0.6) is 0 Å². The maximum Gasteiger partial charge on any atom is 0.238 e. The summed E-state index contributed by atoms with van der Waals surface area (Å²) in [5.41, 5.74) is 0.884. The molecule has 0 radical (unpaired) electrons. The molecular weight excluding hydrogens is 188 g/mol. The molecule has 1 aromatic rings. The van der Waals surface area contributed by atoms with Crippen molar-refractivity contribution in [1.29, 1.82) is 0 Å². The Labute approximate surface area is 77.8 Å². The summed E-state index contributed by atoms with van der Waals surface area (Å²) in [7, 11) is -3.56.